The second kappa shape index (κ2) is 5.75. The summed E-state index contributed by atoms with van der Waals surface area (Å²) in [5, 5.41) is 31.8. The Labute approximate surface area is 120 Å². The van der Waals surface area contributed by atoms with E-state index in [1.807, 2.05) is 0 Å². The number of aromatic nitrogens is 1. The van der Waals surface area contributed by atoms with Gasteiger partial charge in [0.15, 0.2) is 0 Å². The lowest BCUT2D eigenvalue weighted by Gasteiger charge is -2.40. The highest BCUT2D eigenvalue weighted by atomic mass is 16.6. The molecule has 1 aromatic heterocycles. The maximum atomic E-state index is 11.1. The molecule has 2 N–H and O–H groups in total. The van der Waals surface area contributed by atoms with Gasteiger partial charge in [0, 0.05) is 12.7 Å². The van der Waals surface area contributed by atoms with Crippen LogP contribution in [0.2, 0.25) is 0 Å². The minimum atomic E-state index is -0.885. The number of carboxylic acid groups (broad SMARTS) is 1. The number of carbonyl (C=O) groups is 1. The Hall–Kier alpha value is -2.69. The third kappa shape index (κ3) is 3.08. The van der Waals surface area contributed by atoms with Crippen LogP contribution in [0.4, 0.5) is 11.5 Å². The van der Waals surface area contributed by atoms with Crippen molar-refractivity contribution in [3.8, 4) is 6.07 Å². The van der Waals surface area contributed by atoms with Crippen LogP contribution in [0.1, 0.15) is 31.2 Å². The van der Waals surface area contributed by atoms with E-state index in [2.05, 4.69) is 10.3 Å². The van der Waals surface area contributed by atoms with E-state index in [1.165, 1.54) is 12.3 Å². The number of anilines is 1. The highest BCUT2D eigenvalue weighted by Crippen LogP contribution is 2.44. The molecule has 0 bridgehead atoms. The van der Waals surface area contributed by atoms with Crippen molar-refractivity contribution < 1.29 is 14.8 Å². The molecule has 2 rings (SSSR count). The van der Waals surface area contributed by atoms with Gasteiger partial charge in [0.25, 0.3) is 0 Å². The summed E-state index contributed by atoms with van der Waals surface area (Å²) in [6.07, 6.45) is 3.81. The number of rotatable bonds is 6. The number of hydrogen-bond acceptors (Lipinski definition) is 6. The van der Waals surface area contributed by atoms with Crippen molar-refractivity contribution >= 4 is 17.5 Å². The van der Waals surface area contributed by atoms with Gasteiger partial charge in [-0.1, -0.05) is 6.42 Å². The quantitative estimate of drug-likeness (QED) is 0.604. The maximum Gasteiger partial charge on any atom is 0.328 e. The summed E-state index contributed by atoms with van der Waals surface area (Å²) in [5.41, 5.74) is -0.826. The van der Waals surface area contributed by atoms with E-state index in [1.54, 1.807) is 6.07 Å². The minimum Gasteiger partial charge on any atom is -0.481 e. The summed E-state index contributed by atoms with van der Waals surface area (Å²) in [6, 6.07) is 3.04. The fourth-order valence-corrected chi connectivity index (χ4v) is 2.54. The predicted octanol–water partition coefficient (Wildman–Crippen LogP) is 1.92. The molecule has 1 fully saturated rings. The van der Waals surface area contributed by atoms with Gasteiger partial charge in [0.2, 0.25) is 5.82 Å². The number of carboxylic acids is 1. The van der Waals surface area contributed by atoms with Gasteiger partial charge in [0.05, 0.1) is 11.3 Å². The fourth-order valence-electron chi connectivity index (χ4n) is 2.54. The summed E-state index contributed by atoms with van der Waals surface area (Å²) in [7, 11) is 0. The van der Waals surface area contributed by atoms with E-state index in [0.29, 0.717) is 6.54 Å². The average molecular weight is 290 g/mol. The molecular formula is C13H14N4O4. The zero-order valence-corrected chi connectivity index (χ0v) is 11.2. The van der Waals surface area contributed by atoms with E-state index in [9.17, 15) is 14.9 Å². The first-order valence-electron chi connectivity index (χ1n) is 6.47. The highest BCUT2D eigenvalue weighted by Gasteiger charge is 2.39. The average Bonchev–Trinajstić information content (AvgIpc) is 2.40. The number of aliphatic carboxylic acids is 1. The third-order valence-corrected chi connectivity index (χ3v) is 3.80. The zero-order valence-electron chi connectivity index (χ0n) is 11.2. The Balaban J connectivity index is 2.19. The lowest BCUT2D eigenvalue weighted by molar-refractivity contribution is -0.384. The Morgan fingerprint density at radius 1 is 1.62 bits per heavy atom. The Kier molecular flexibility index (Phi) is 4.03. The Morgan fingerprint density at radius 2 is 2.33 bits per heavy atom. The number of nitro groups is 1. The molecular weight excluding hydrogens is 276 g/mol. The number of pyridine rings is 1. The van der Waals surface area contributed by atoms with Crippen LogP contribution < -0.4 is 5.32 Å². The van der Waals surface area contributed by atoms with Crippen LogP contribution >= 0.6 is 0 Å². The van der Waals surface area contributed by atoms with E-state index in [4.69, 9.17) is 10.4 Å². The van der Waals surface area contributed by atoms with E-state index in [-0.39, 0.29) is 28.9 Å². The van der Waals surface area contributed by atoms with Crippen molar-refractivity contribution in [3.63, 3.8) is 0 Å². The van der Waals surface area contributed by atoms with Crippen LogP contribution in [0.15, 0.2) is 12.3 Å². The molecule has 1 aliphatic carbocycles. The number of nitriles is 1. The lowest BCUT2D eigenvalue weighted by Crippen LogP contribution is -2.38. The zero-order chi connectivity index (χ0) is 15.5. The van der Waals surface area contributed by atoms with Crippen molar-refractivity contribution in [2.24, 2.45) is 5.41 Å². The van der Waals surface area contributed by atoms with Gasteiger partial charge in [-0.3, -0.25) is 14.9 Å². The molecule has 0 radical (unpaired) electrons. The van der Waals surface area contributed by atoms with Gasteiger partial charge >= 0.3 is 11.7 Å². The summed E-state index contributed by atoms with van der Waals surface area (Å²) in [4.78, 5) is 25.2. The molecule has 0 atom stereocenters. The van der Waals surface area contributed by atoms with Crippen molar-refractivity contribution in [1.82, 2.24) is 4.98 Å². The first-order valence-corrected chi connectivity index (χ1v) is 6.47. The van der Waals surface area contributed by atoms with Gasteiger partial charge in [-0.2, -0.15) is 5.26 Å². The first kappa shape index (κ1) is 14.7. The minimum absolute atomic E-state index is 0.00992. The van der Waals surface area contributed by atoms with Crippen molar-refractivity contribution in [3.05, 3.63) is 27.9 Å². The Bertz CT molecular complexity index is 619. The highest BCUT2D eigenvalue weighted by molar-refractivity contribution is 5.68. The second-order valence-corrected chi connectivity index (χ2v) is 5.20. The molecule has 1 heterocycles. The lowest BCUT2D eigenvalue weighted by atomic mass is 9.66. The van der Waals surface area contributed by atoms with Crippen LogP contribution in [0, 0.1) is 26.9 Å². The van der Waals surface area contributed by atoms with E-state index in [0.717, 1.165) is 19.3 Å². The summed E-state index contributed by atoms with van der Waals surface area (Å²) >= 11 is 0. The largest absolute Gasteiger partial charge is 0.481 e. The molecule has 0 unspecified atom stereocenters. The number of nitrogens with zero attached hydrogens (tertiary/aromatic N) is 3. The molecule has 0 spiro atoms. The van der Waals surface area contributed by atoms with Crippen LogP contribution in [0.5, 0.6) is 0 Å². The van der Waals surface area contributed by atoms with Gasteiger partial charge in [-0.05, 0) is 24.3 Å². The van der Waals surface area contributed by atoms with Crippen LogP contribution in [0.3, 0.4) is 0 Å². The van der Waals surface area contributed by atoms with Gasteiger partial charge in [-0.25, -0.2) is 4.98 Å². The van der Waals surface area contributed by atoms with Gasteiger partial charge in [-0.15, -0.1) is 0 Å². The third-order valence-electron chi connectivity index (χ3n) is 3.80. The Morgan fingerprint density at radius 3 is 2.81 bits per heavy atom. The second-order valence-electron chi connectivity index (χ2n) is 5.20. The first-order chi connectivity index (χ1) is 9.97. The van der Waals surface area contributed by atoms with Gasteiger partial charge < -0.3 is 10.4 Å². The molecule has 8 heteroatoms. The topological polar surface area (TPSA) is 129 Å². The molecule has 0 aromatic carbocycles. The SMILES string of the molecule is N#Cc1ccnc(NCC2(CC(=O)O)CCC2)c1[N+](=O)[O-]. The van der Waals surface area contributed by atoms with Crippen LogP contribution in [0.25, 0.3) is 0 Å². The normalized spacial score (nSPS) is 15.6. The fraction of sp³-hybridized carbons (Fsp3) is 0.462. The predicted molar refractivity (Wildman–Crippen MR) is 72.6 cm³/mol. The molecule has 21 heavy (non-hydrogen) atoms. The number of hydrogen-bond donors (Lipinski definition) is 2. The summed E-state index contributed by atoms with van der Waals surface area (Å²) < 4.78 is 0. The summed E-state index contributed by atoms with van der Waals surface area (Å²) in [5.74, 6) is -0.875. The van der Waals surface area contributed by atoms with Crippen molar-refractivity contribution in [2.45, 2.75) is 25.7 Å². The molecule has 1 saturated carbocycles. The number of nitrogens with one attached hydrogen (secondary N) is 1. The molecule has 1 aromatic rings. The molecule has 0 saturated heterocycles. The smallest absolute Gasteiger partial charge is 0.328 e. The van der Waals surface area contributed by atoms with E-state index < -0.39 is 10.9 Å². The summed E-state index contributed by atoms with van der Waals surface area (Å²) in [6.45, 7) is 0.294. The standard InChI is InChI=1S/C13H14N4O4/c14-7-9-2-5-15-12(11(9)17(20)21)16-8-13(3-1-4-13)6-10(18)19/h2,5H,1,3-4,6,8H2,(H,15,16)(H,18,19). The molecule has 1 aliphatic rings. The van der Waals surface area contributed by atoms with Crippen molar-refractivity contribution in [1.29, 1.82) is 5.26 Å². The molecule has 0 amide bonds. The maximum absolute atomic E-state index is 11.1. The van der Waals surface area contributed by atoms with Crippen molar-refractivity contribution in [2.75, 3.05) is 11.9 Å². The van der Waals surface area contributed by atoms with Gasteiger partial charge in [0.1, 0.15) is 11.6 Å². The van der Waals surface area contributed by atoms with Crippen LogP contribution in [-0.4, -0.2) is 27.5 Å². The molecule has 0 aliphatic heterocycles. The molecule has 8 nitrogen and oxygen atoms in total. The monoisotopic (exact) mass is 290 g/mol. The van der Waals surface area contributed by atoms with E-state index >= 15 is 0 Å². The molecule has 110 valence electrons. The van der Waals surface area contributed by atoms with Crippen LogP contribution in [-0.2, 0) is 4.79 Å².